The second kappa shape index (κ2) is 10.4. The quantitative estimate of drug-likeness (QED) is 0.358. The predicted octanol–water partition coefficient (Wildman–Crippen LogP) is 5.16. The summed E-state index contributed by atoms with van der Waals surface area (Å²) in [5, 5.41) is 20.0. The highest BCUT2D eigenvalue weighted by Crippen LogP contribution is 2.35. The van der Waals surface area contributed by atoms with E-state index in [0.717, 1.165) is 4.90 Å². The molecule has 0 saturated carbocycles. The van der Waals surface area contributed by atoms with Crippen LogP contribution >= 0.6 is 11.8 Å². The van der Waals surface area contributed by atoms with Crippen LogP contribution in [0.2, 0.25) is 0 Å². The van der Waals surface area contributed by atoms with Crippen molar-refractivity contribution < 1.29 is 24.2 Å². The molecule has 6 nitrogen and oxygen atoms in total. The monoisotopic (exact) mass is 454 g/mol. The molecule has 0 saturated heterocycles. The van der Waals surface area contributed by atoms with Gasteiger partial charge in [0.15, 0.2) is 5.76 Å². The van der Waals surface area contributed by atoms with Crippen LogP contribution in [0.1, 0.15) is 54.8 Å². The number of carbonyl (C=O) groups excluding carboxylic acids is 1. The van der Waals surface area contributed by atoms with Crippen molar-refractivity contribution >= 4 is 17.7 Å². The molecule has 0 aliphatic heterocycles. The summed E-state index contributed by atoms with van der Waals surface area (Å²) in [5.41, 5.74) is 1.26. The predicted molar refractivity (Wildman–Crippen MR) is 123 cm³/mol. The topological polar surface area (TPSA) is 97.0 Å². The Labute approximate surface area is 190 Å². The van der Waals surface area contributed by atoms with Gasteiger partial charge in [-0.25, -0.2) is 0 Å². The minimum Gasteiger partial charge on any atom is -0.508 e. The molecule has 1 heterocycles. The lowest BCUT2D eigenvalue weighted by molar-refractivity contribution is -0.140. The first-order chi connectivity index (χ1) is 15.3. The summed E-state index contributed by atoms with van der Waals surface area (Å²) < 4.78 is 10.7. The lowest BCUT2D eigenvalue weighted by atomic mass is 9.92. The van der Waals surface area contributed by atoms with Gasteiger partial charge in [-0.3, -0.25) is 9.59 Å². The lowest BCUT2D eigenvalue weighted by Crippen LogP contribution is -2.14. The van der Waals surface area contributed by atoms with Crippen molar-refractivity contribution in [2.45, 2.75) is 42.8 Å². The standard InChI is InChI=1S/C25H26O6S/c1-15(2)16-6-10-20(11-7-16)32-14-19-12-22(27)24(29)25(31-19)21(13-23(28)30-3)17-4-8-18(26)9-5-17/h4-12,15,21,26,29H,13-14H2,1-3H3. The van der Waals surface area contributed by atoms with E-state index in [0.29, 0.717) is 23.0 Å². The first-order valence-electron chi connectivity index (χ1n) is 10.2. The molecule has 1 aromatic heterocycles. The third kappa shape index (κ3) is 5.73. The number of thioether (sulfide) groups is 1. The zero-order valence-corrected chi connectivity index (χ0v) is 19.0. The van der Waals surface area contributed by atoms with Crippen LogP contribution in [-0.2, 0) is 15.3 Å². The van der Waals surface area contributed by atoms with E-state index in [1.54, 1.807) is 12.1 Å². The number of phenols is 1. The number of aromatic hydroxyl groups is 2. The number of ether oxygens (including phenoxy) is 1. The molecule has 1 atom stereocenters. The minimum atomic E-state index is -0.744. The van der Waals surface area contributed by atoms with Gasteiger partial charge in [0.2, 0.25) is 11.2 Å². The molecule has 2 N–H and O–H groups in total. The number of esters is 1. The number of phenolic OH excluding ortho intramolecular Hbond substituents is 1. The maximum atomic E-state index is 12.5. The number of benzene rings is 2. The van der Waals surface area contributed by atoms with Crippen molar-refractivity contribution in [2.24, 2.45) is 0 Å². The summed E-state index contributed by atoms with van der Waals surface area (Å²) in [4.78, 5) is 25.5. The van der Waals surface area contributed by atoms with Crippen molar-refractivity contribution in [1.82, 2.24) is 0 Å². The third-order valence-corrected chi connectivity index (χ3v) is 6.17. The van der Waals surface area contributed by atoms with E-state index in [9.17, 15) is 19.8 Å². The first-order valence-corrected chi connectivity index (χ1v) is 11.2. The highest BCUT2D eigenvalue weighted by molar-refractivity contribution is 7.98. The van der Waals surface area contributed by atoms with Crippen molar-refractivity contribution in [2.75, 3.05) is 7.11 Å². The van der Waals surface area contributed by atoms with Gasteiger partial charge >= 0.3 is 5.97 Å². The molecule has 0 radical (unpaired) electrons. The molecular weight excluding hydrogens is 428 g/mol. The minimum absolute atomic E-state index is 0.000606. The summed E-state index contributed by atoms with van der Waals surface area (Å²) in [6.45, 7) is 4.27. The molecule has 0 spiro atoms. The second-order valence-electron chi connectivity index (χ2n) is 7.73. The molecule has 0 aliphatic carbocycles. The Morgan fingerprint density at radius 1 is 1.03 bits per heavy atom. The molecule has 3 rings (SSSR count). The zero-order valence-electron chi connectivity index (χ0n) is 18.2. The van der Waals surface area contributed by atoms with Crippen molar-refractivity contribution in [3.63, 3.8) is 0 Å². The largest absolute Gasteiger partial charge is 0.508 e. The van der Waals surface area contributed by atoms with Crippen LogP contribution in [0, 0.1) is 0 Å². The van der Waals surface area contributed by atoms with Crippen LogP contribution in [0.4, 0.5) is 0 Å². The highest BCUT2D eigenvalue weighted by atomic mass is 32.2. The summed E-state index contributed by atoms with van der Waals surface area (Å²) in [6, 6.07) is 15.6. The summed E-state index contributed by atoms with van der Waals surface area (Å²) in [6.07, 6.45) is -0.134. The number of methoxy groups -OCH3 is 1. The molecule has 0 fully saturated rings. The van der Waals surface area contributed by atoms with Crippen LogP contribution in [0.25, 0.3) is 0 Å². The van der Waals surface area contributed by atoms with Crippen LogP contribution in [0.15, 0.2) is 68.7 Å². The number of hydrogen-bond donors (Lipinski definition) is 2. The molecule has 3 aromatic rings. The van der Waals surface area contributed by atoms with Crippen LogP contribution in [0.5, 0.6) is 11.5 Å². The number of carbonyl (C=O) groups is 1. The number of hydrogen-bond acceptors (Lipinski definition) is 7. The summed E-state index contributed by atoms with van der Waals surface area (Å²) >= 11 is 1.51. The molecule has 7 heteroatoms. The van der Waals surface area contributed by atoms with Crippen molar-refractivity contribution in [3.8, 4) is 11.5 Å². The molecule has 168 valence electrons. The van der Waals surface area contributed by atoms with E-state index in [2.05, 4.69) is 26.0 Å². The zero-order chi connectivity index (χ0) is 23.3. The molecule has 32 heavy (non-hydrogen) atoms. The van der Waals surface area contributed by atoms with Crippen LogP contribution in [-0.4, -0.2) is 23.3 Å². The smallest absolute Gasteiger partial charge is 0.306 e. The van der Waals surface area contributed by atoms with Gasteiger partial charge in [0.05, 0.1) is 25.2 Å². The van der Waals surface area contributed by atoms with E-state index in [1.165, 1.54) is 42.6 Å². The van der Waals surface area contributed by atoms with E-state index < -0.39 is 23.1 Å². The van der Waals surface area contributed by atoms with E-state index in [-0.39, 0.29) is 17.9 Å². The van der Waals surface area contributed by atoms with Crippen LogP contribution < -0.4 is 5.43 Å². The normalized spacial score (nSPS) is 12.0. The Hall–Kier alpha value is -3.19. The van der Waals surface area contributed by atoms with Gasteiger partial charge in [-0.15, -0.1) is 11.8 Å². The van der Waals surface area contributed by atoms with Crippen molar-refractivity contribution in [1.29, 1.82) is 0 Å². The maximum absolute atomic E-state index is 12.5. The fraction of sp³-hybridized carbons (Fsp3) is 0.280. The fourth-order valence-corrected chi connectivity index (χ4v) is 4.06. The second-order valence-corrected chi connectivity index (χ2v) is 8.78. The number of rotatable bonds is 8. The Balaban J connectivity index is 1.91. The molecular formula is C25H26O6S. The van der Waals surface area contributed by atoms with E-state index in [1.807, 2.05) is 12.1 Å². The van der Waals surface area contributed by atoms with E-state index in [4.69, 9.17) is 9.15 Å². The van der Waals surface area contributed by atoms with Gasteiger partial charge in [0.25, 0.3) is 0 Å². The lowest BCUT2D eigenvalue weighted by Gasteiger charge is -2.17. The van der Waals surface area contributed by atoms with Gasteiger partial charge in [0.1, 0.15) is 11.5 Å². The third-order valence-electron chi connectivity index (χ3n) is 5.14. The van der Waals surface area contributed by atoms with Gasteiger partial charge in [-0.1, -0.05) is 38.1 Å². The molecule has 2 aromatic carbocycles. The van der Waals surface area contributed by atoms with Gasteiger partial charge in [-0.2, -0.15) is 0 Å². The Morgan fingerprint density at radius 3 is 2.25 bits per heavy atom. The average molecular weight is 455 g/mol. The maximum Gasteiger partial charge on any atom is 0.306 e. The molecule has 0 amide bonds. The Morgan fingerprint density at radius 2 is 1.66 bits per heavy atom. The van der Waals surface area contributed by atoms with Gasteiger partial charge in [-0.05, 0) is 41.3 Å². The Kier molecular flexibility index (Phi) is 7.64. The molecule has 1 unspecified atom stereocenters. The Bertz CT molecular complexity index is 1120. The van der Waals surface area contributed by atoms with Gasteiger partial charge < -0.3 is 19.4 Å². The first kappa shape index (κ1) is 23.5. The highest BCUT2D eigenvalue weighted by Gasteiger charge is 2.26. The SMILES string of the molecule is COC(=O)CC(c1ccc(O)cc1)c1oc(CSc2ccc(C(C)C)cc2)cc(=O)c1O. The van der Waals surface area contributed by atoms with Crippen molar-refractivity contribution in [3.05, 3.63) is 87.5 Å². The molecule has 0 bridgehead atoms. The molecule has 0 aliphatic rings. The average Bonchev–Trinajstić information content (AvgIpc) is 2.79. The van der Waals surface area contributed by atoms with E-state index >= 15 is 0 Å². The summed E-state index contributed by atoms with van der Waals surface area (Å²) in [7, 11) is 1.27. The fourth-order valence-electron chi connectivity index (χ4n) is 3.28. The summed E-state index contributed by atoms with van der Waals surface area (Å²) in [5.74, 6) is -0.537. The van der Waals surface area contributed by atoms with Gasteiger partial charge in [0, 0.05) is 11.0 Å². The van der Waals surface area contributed by atoms with Crippen LogP contribution in [0.3, 0.4) is 0 Å².